The second kappa shape index (κ2) is 17.4. The minimum absolute atomic E-state index is 1.00. The van der Waals surface area contributed by atoms with Crippen LogP contribution in [0.25, 0.3) is 0 Å². The minimum atomic E-state index is 1.00. The predicted molar refractivity (Wildman–Crippen MR) is 57.3 cm³/mol. The van der Waals surface area contributed by atoms with Gasteiger partial charge in [0, 0.05) is 7.11 Å². The lowest BCUT2D eigenvalue weighted by atomic mass is 10.0. The number of aliphatic hydroxyl groups excluding tert-OH is 1. The van der Waals surface area contributed by atoms with Gasteiger partial charge < -0.3 is 9.84 Å². The molecule has 13 heavy (non-hydrogen) atoms. The Morgan fingerprint density at radius 2 is 1.08 bits per heavy atom. The average Bonchev–Trinajstić information content (AvgIpc) is 2.25. The third kappa shape index (κ3) is 18.3. The molecule has 1 aliphatic carbocycles. The van der Waals surface area contributed by atoms with Crippen molar-refractivity contribution < 1.29 is 9.84 Å². The van der Waals surface area contributed by atoms with E-state index in [1.807, 2.05) is 0 Å². The minimum Gasteiger partial charge on any atom is -0.474 e. The molecule has 1 rings (SSSR count). The maximum atomic E-state index is 7.00. The van der Waals surface area contributed by atoms with Crippen LogP contribution in [0, 0.1) is 0 Å². The van der Waals surface area contributed by atoms with E-state index < -0.39 is 0 Å². The molecule has 0 atom stereocenters. The van der Waals surface area contributed by atoms with Crippen LogP contribution in [0.1, 0.15) is 38.5 Å². The molecule has 0 saturated heterocycles. The maximum Gasteiger partial charge on any atom is 0.0829 e. The van der Waals surface area contributed by atoms with E-state index in [1.165, 1.54) is 51.0 Å². The van der Waals surface area contributed by atoms with Gasteiger partial charge in [0.15, 0.2) is 0 Å². The molecule has 1 saturated carbocycles. The first kappa shape index (κ1) is 14.7. The predicted octanol–water partition coefficient (Wildman–Crippen LogP) is 3.24. The van der Waals surface area contributed by atoms with E-state index in [1.54, 1.807) is 0 Å². The normalized spacial score (nSPS) is 13.7. The van der Waals surface area contributed by atoms with Crippen LogP contribution in [0.4, 0.5) is 0 Å². The number of hydrogen-bond donors (Lipinski definition) is 1. The highest BCUT2D eigenvalue weighted by atomic mass is 16.5. The third-order valence-electron chi connectivity index (χ3n) is 1.69. The molecule has 0 aliphatic heterocycles. The molecule has 0 spiro atoms. The highest BCUT2D eigenvalue weighted by Gasteiger charge is 1.95. The van der Waals surface area contributed by atoms with E-state index in [0.717, 1.165) is 7.11 Å². The van der Waals surface area contributed by atoms with E-state index in [4.69, 9.17) is 5.11 Å². The lowest BCUT2D eigenvalue weighted by Gasteiger charge is -2.05. The van der Waals surface area contributed by atoms with Crippen molar-refractivity contribution in [2.45, 2.75) is 38.5 Å². The van der Waals surface area contributed by atoms with E-state index in [9.17, 15) is 0 Å². The molecule has 2 heteroatoms. The van der Waals surface area contributed by atoms with Crippen molar-refractivity contribution in [1.82, 2.24) is 0 Å². The summed E-state index contributed by atoms with van der Waals surface area (Å²) in [5.74, 6) is 0. The zero-order chi connectivity index (χ0) is 10.4. The molecule has 1 fully saturated rings. The van der Waals surface area contributed by atoms with Gasteiger partial charge in [-0.25, -0.2) is 0 Å². The van der Waals surface area contributed by atoms with Crippen molar-refractivity contribution in [3.05, 3.63) is 25.7 Å². The summed E-state index contributed by atoms with van der Waals surface area (Å²) in [4.78, 5) is 0. The van der Waals surface area contributed by atoms with Crippen LogP contribution in [-0.2, 0) is 4.74 Å². The molecular weight excluding hydrogens is 164 g/mol. The monoisotopic (exact) mass is 186 g/mol. The Bertz CT molecular complexity index is 78.8. The lowest BCUT2D eigenvalue weighted by molar-refractivity contribution is 0.399. The fourth-order valence-electron chi connectivity index (χ4n) is 1.13. The molecule has 1 N–H and O–H groups in total. The fourth-order valence-corrected chi connectivity index (χ4v) is 1.13. The summed E-state index contributed by atoms with van der Waals surface area (Å²) in [6.45, 7) is 6.51. The molecule has 0 amide bonds. The Balaban J connectivity index is 0. The van der Waals surface area contributed by atoms with Crippen LogP contribution in [0.5, 0.6) is 0 Å². The molecule has 0 bridgehead atoms. The van der Waals surface area contributed by atoms with Crippen molar-refractivity contribution in [3.8, 4) is 0 Å². The summed E-state index contributed by atoms with van der Waals surface area (Å²) < 4.78 is 4.36. The largest absolute Gasteiger partial charge is 0.474 e. The van der Waals surface area contributed by atoms with Crippen molar-refractivity contribution in [2.75, 3.05) is 7.11 Å². The van der Waals surface area contributed by atoms with Crippen LogP contribution in [-0.4, -0.2) is 12.2 Å². The number of hydrogen-bond acceptors (Lipinski definition) is 2. The molecule has 0 heterocycles. The molecule has 0 radical (unpaired) electrons. The standard InChI is InChI=1S/C6H12.C4H6O.CH4O/c1-2-4-6-5-3-1;1-3-5-4-2;1-2/h1-6H2;3-4H,1-2H2;2H,1H3. The van der Waals surface area contributed by atoms with Gasteiger partial charge in [0.1, 0.15) is 0 Å². The smallest absolute Gasteiger partial charge is 0.0829 e. The average molecular weight is 186 g/mol. The summed E-state index contributed by atoms with van der Waals surface area (Å²) in [6.07, 6.45) is 11.6. The van der Waals surface area contributed by atoms with E-state index in [0.29, 0.717) is 0 Å². The molecule has 2 nitrogen and oxygen atoms in total. The summed E-state index contributed by atoms with van der Waals surface area (Å²) in [5, 5.41) is 7.00. The topological polar surface area (TPSA) is 29.5 Å². The molecule has 0 aromatic rings. The Morgan fingerprint density at radius 3 is 1.15 bits per heavy atom. The first-order valence-corrected chi connectivity index (χ1v) is 4.74. The summed E-state index contributed by atoms with van der Waals surface area (Å²) in [6, 6.07) is 0. The zero-order valence-electron chi connectivity index (χ0n) is 8.67. The lowest BCUT2D eigenvalue weighted by Crippen LogP contribution is -1.85. The quantitative estimate of drug-likeness (QED) is 0.671. The molecular formula is C11H22O2. The second-order valence-corrected chi connectivity index (χ2v) is 2.59. The molecule has 0 aromatic carbocycles. The molecule has 1 aliphatic rings. The zero-order valence-corrected chi connectivity index (χ0v) is 8.67. The third-order valence-corrected chi connectivity index (χ3v) is 1.69. The van der Waals surface area contributed by atoms with Crippen molar-refractivity contribution in [2.24, 2.45) is 0 Å². The first-order chi connectivity index (χ1) is 6.41. The van der Waals surface area contributed by atoms with Crippen LogP contribution < -0.4 is 0 Å². The van der Waals surface area contributed by atoms with Gasteiger partial charge in [-0.1, -0.05) is 51.7 Å². The van der Waals surface area contributed by atoms with Crippen LogP contribution in [0.15, 0.2) is 25.7 Å². The Morgan fingerprint density at radius 1 is 0.846 bits per heavy atom. The number of aliphatic hydroxyl groups is 1. The Labute approximate surface area is 81.9 Å². The van der Waals surface area contributed by atoms with Crippen molar-refractivity contribution >= 4 is 0 Å². The first-order valence-electron chi connectivity index (χ1n) is 4.74. The van der Waals surface area contributed by atoms with Gasteiger partial charge in [0.25, 0.3) is 0 Å². The summed E-state index contributed by atoms with van der Waals surface area (Å²) in [5.41, 5.74) is 0. The van der Waals surface area contributed by atoms with E-state index >= 15 is 0 Å². The Hall–Kier alpha value is -0.760. The van der Waals surface area contributed by atoms with Crippen LogP contribution in [0.2, 0.25) is 0 Å². The van der Waals surface area contributed by atoms with Gasteiger partial charge >= 0.3 is 0 Å². The summed E-state index contributed by atoms with van der Waals surface area (Å²) in [7, 11) is 1.00. The molecule has 0 aromatic heterocycles. The van der Waals surface area contributed by atoms with Crippen molar-refractivity contribution in [1.29, 1.82) is 0 Å². The maximum absolute atomic E-state index is 7.00. The molecule has 78 valence electrons. The van der Waals surface area contributed by atoms with Gasteiger partial charge in [-0.2, -0.15) is 0 Å². The SMILES string of the molecule is C1CCCCC1.C=COC=C.CO. The van der Waals surface area contributed by atoms with Crippen LogP contribution >= 0.6 is 0 Å². The van der Waals surface area contributed by atoms with Crippen molar-refractivity contribution in [3.63, 3.8) is 0 Å². The Kier molecular flexibility index (Phi) is 19.7. The van der Waals surface area contributed by atoms with Gasteiger partial charge in [-0.15, -0.1) is 0 Å². The van der Waals surface area contributed by atoms with Crippen LogP contribution in [0.3, 0.4) is 0 Å². The van der Waals surface area contributed by atoms with Gasteiger partial charge in [-0.3, -0.25) is 0 Å². The van der Waals surface area contributed by atoms with Gasteiger partial charge in [-0.05, 0) is 0 Å². The fraction of sp³-hybridized carbons (Fsp3) is 0.636. The van der Waals surface area contributed by atoms with Gasteiger partial charge in [0.05, 0.1) is 12.5 Å². The van der Waals surface area contributed by atoms with E-state index in [-0.39, 0.29) is 0 Å². The summed E-state index contributed by atoms with van der Waals surface area (Å²) >= 11 is 0. The second-order valence-electron chi connectivity index (χ2n) is 2.59. The van der Waals surface area contributed by atoms with Gasteiger partial charge in [0.2, 0.25) is 0 Å². The highest BCUT2D eigenvalue weighted by Crippen LogP contribution is 2.15. The molecule has 0 unspecified atom stereocenters. The van der Waals surface area contributed by atoms with E-state index in [2.05, 4.69) is 17.9 Å². The highest BCUT2D eigenvalue weighted by molar-refractivity contribution is 4.57. The number of rotatable bonds is 2. The number of ether oxygens (including phenoxy) is 1.